The highest BCUT2D eigenvalue weighted by Crippen LogP contribution is 2.32. The predicted molar refractivity (Wildman–Crippen MR) is 111 cm³/mol. The van der Waals surface area contributed by atoms with E-state index in [0.29, 0.717) is 17.4 Å². The van der Waals surface area contributed by atoms with E-state index in [-0.39, 0.29) is 24.1 Å². The Morgan fingerprint density at radius 3 is 2.61 bits per heavy atom. The van der Waals surface area contributed by atoms with Crippen LogP contribution in [0, 0.1) is 12.7 Å². The molecule has 1 aliphatic rings. The van der Waals surface area contributed by atoms with E-state index in [4.69, 9.17) is 0 Å². The highest BCUT2D eigenvalue weighted by atomic mass is 32.2. The molecule has 5 nitrogen and oxygen atoms in total. The second-order valence-corrected chi connectivity index (χ2v) is 7.71. The van der Waals surface area contributed by atoms with Gasteiger partial charge in [-0.2, -0.15) is 0 Å². The number of amides is 2. The number of anilines is 1. The Bertz CT molecular complexity index is 899. The van der Waals surface area contributed by atoms with Gasteiger partial charge in [-0.15, -0.1) is 0 Å². The Labute approximate surface area is 168 Å². The molecule has 2 amide bonds. The number of aryl methyl sites for hydroxylation is 1. The molecule has 3 rings (SSSR count). The number of carbonyl (C=O) groups excluding carboxylic acids is 2. The first-order valence-electron chi connectivity index (χ1n) is 9.15. The van der Waals surface area contributed by atoms with Crippen LogP contribution in [0.5, 0.6) is 0 Å². The van der Waals surface area contributed by atoms with Gasteiger partial charge in [0.05, 0.1) is 5.69 Å². The van der Waals surface area contributed by atoms with E-state index in [1.165, 1.54) is 36.0 Å². The molecule has 1 fully saturated rings. The maximum absolute atomic E-state index is 13.0. The zero-order chi connectivity index (χ0) is 20.1. The zero-order valence-electron chi connectivity index (χ0n) is 15.8. The summed E-state index contributed by atoms with van der Waals surface area (Å²) in [5.74, 6) is -0.758. The first kappa shape index (κ1) is 20.1. The third kappa shape index (κ3) is 4.78. The van der Waals surface area contributed by atoms with Crippen LogP contribution < -0.4 is 5.32 Å². The number of hydrogen-bond acceptors (Lipinski definition) is 4. The highest BCUT2D eigenvalue weighted by molar-refractivity contribution is 8.15. The van der Waals surface area contributed by atoms with E-state index in [1.54, 1.807) is 4.90 Å². The number of halogens is 1. The molecule has 1 atom stereocenters. The Kier molecular flexibility index (Phi) is 6.46. The van der Waals surface area contributed by atoms with E-state index in [2.05, 4.69) is 10.3 Å². The van der Waals surface area contributed by atoms with Crippen molar-refractivity contribution in [1.82, 2.24) is 4.90 Å². The largest absolute Gasteiger partial charge is 0.326 e. The number of para-hydroxylation sites is 1. The number of amidine groups is 1. The maximum Gasteiger partial charge on any atom is 0.242 e. The molecule has 2 aromatic carbocycles. The minimum Gasteiger partial charge on any atom is -0.326 e. The van der Waals surface area contributed by atoms with Gasteiger partial charge < -0.3 is 5.32 Å². The van der Waals surface area contributed by atoms with Gasteiger partial charge in [-0.3, -0.25) is 14.5 Å². The van der Waals surface area contributed by atoms with Gasteiger partial charge >= 0.3 is 0 Å². The van der Waals surface area contributed by atoms with Crippen LogP contribution in [0.1, 0.15) is 25.3 Å². The lowest BCUT2D eigenvalue weighted by atomic mass is 10.2. The van der Waals surface area contributed by atoms with Crippen LogP contribution in [0.25, 0.3) is 0 Å². The molecule has 0 saturated carbocycles. The number of carbonyl (C=O) groups is 2. The van der Waals surface area contributed by atoms with E-state index >= 15 is 0 Å². The van der Waals surface area contributed by atoms with Crippen LogP contribution in [0.15, 0.2) is 53.5 Å². The van der Waals surface area contributed by atoms with Crippen molar-refractivity contribution in [3.8, 4) is 0 Å². The molecule has 1 N–H and O–H groups in total. The lowest BCUT2D eigenvalue weighted by Gasteiger charge is -2.15. The van der Waals surface area contributed by atoms with Gasteiger partial charge in [-0.1, -0.05) is 36.9 Å². The number of thioether (sulfide) groups is 1. The molecule has 146 valence electrons. The summed E-state index contributed by atoms with van der Waals surface area (Å²) in [4.78, 5) is 31.5. The Balaban J connectivity index is 1.73. The lowest BCUT2D eigenvalue weighted by molar-refractivity contribution is -0.128. The average Bonchev–Trinajstić information content (AvgIpc) is 2.94. The summed E-state index contributed by atoms with van der Waals surface area (Å²) in [5.41, 5.74) is 2.34. The van der Waals surface area contributed by atoms with Crippen molar-refractivity contribution in [1.29, 1.82) is 0 Å². The summed E-state index contributed by atoms with van der Waals surface area (Å²) in [7, 11) is 0. The summed E-state index contributed by atoms with van der Waals surface area (Å²) in [5, 5.41) is 2.81. The number of nitrogens with one attached hydrogen (secondary N) is 1. The molecular weight excluding hydrogens is 377 g/mol. The predicted octanol–water partition coefficient (Wildman–Crippen LogP) is 4.50. The maximum atomic E-state index is 13.0. The third-order valence-electron chi connectivity index (χ3n) is 4.30. The smallest absolute Gasteiger partial charge is 0.242 e. The molecular formula is C21H22FN3O2S. The average molecular weight is 399 g/mol. The number of nitrogens with zero attached hydrogens (tertiary/aromatic N) is 2. The first-order chi connectivity index (χ1) is 13.5. The van der Waals surface area contributed by atoms with Crippen molar-refractivity contribution in [2.45, 2.75) is 31.9 Å². The zero-order valence-corrected chi connectivity index (χ0v) is 16.6. The fraction of sp³-hybridized carbons (Fsp3) is 0.286. The van der Waals surface area contributed by atoms with Gasteiger partial charge in [0, 0.05) is 18.7 Å². The van der Waals surface area contributed by atoms with Crippen LogP contribution >= 0.6 is 11.8 Å². The van der Waals surface area contributed by atoms with Crippen LogP contribution in [0.4, 0.5) is 15.8 Å². The van der Waals surface area contributed by atoms with Gasteiger partial charge in [0.25, 0.3) is 0 Å². The van der Waals surface area contributed by atoms with E-state index in [1.807, 2.05) is 38.1 Å². The second kappa shape index (κ2) is 9.01. The van der Waals surface area contributed by atoms with Crippen molar-refractivity contribution in [2.75, 3.05) is 11.9 Å². The topological polar surface area (TPSA) is 61.8 Å². The molecule has 1 saturated heterocycles. The fourth-order valence-electron chi connectivity index (χ4n) is 2.86. The lowest BCUT2D eigenvalue weighted by Crippen LogP contribution is -2.34. The summed E-state index contributed by atoms with van der Waals surface area (Å²) in [6, 6.07) is 13.3. The molecule has 0 radical (unpaired) electrons. The van der Waals surface area contributed by atoms with Crippen molar-refractivity contribution < 1.29 is 14.0 Å². The number of rotatable bonds is 6. The van der Waals surface area contributed by atoms with Crippen LogP contribution in [-0.4, -0.2) is 33.7 Å². The van der Waals surface area contributed by atoms with Crippen molar-refractivity contribution in [3.05, 3.63) is 59.9 Å². The monoisotopic (exact) mass is 399 g/mol. The summed E-state index contributed by atoms with van der Waals surface area (Å²) in [6.07, 6.45) is 0.835. The molecule has 0 aromatic heterocycles. The summed E-state index contributed by atoms with van der Waals surface area (Å²) < 4.78 is 13.0. The molecule has 0 spiro atoms. The van der Waals surface area contributed by atoms with E-state index in [0.717, 1.165) is 17.7 Å². The van der Waals surface area contributed by atoms with Gasteiger partial charge in [0.15, 0.2) is 5.17 Å². The van der Waals surface area contributed by atoms with Gasteiger partial charge in [-0.25, -0.2) is 9.38 Å². The number of hydrogen-bond donors (Lipinski definition) is 1. The third-order valence-corrected chi connectivity index (χ3v) is 5.47. The standard InChI is InChI=1S/C21H22FN3O2S/c1-3-12-25-20(27)18(13-19(26)23-16-10-8-15(22)9-11-16)28-21(25)24-17-7-5-4-6-14(17)2/h4-11,18H,3,12-13H2,1-2H3,(H,23,26). The molecule has 0 aliphatic carbocycles. The molecule has 1 aliphatic heterocycles. The number of benzene rings is 2. The van der Waals surface area contributed by atoms with Crippen LogP contribution in [-0.2, 0) is 9.59 Å². The van der Waals surface area contributed by atoms with E-state index in [9.17, 15) is 14.0 Å². The quantitative estimate of drug-likeness (QED) is 0.778. The van der Waals surface area contributed by atoms with Gasteiger partial charge in [0.1, 0.15) is 11.1 Å². The minimum absolute atomic E-state index is 0.0356. The Morgan fingerprint density at radius 1 is 1.21 bits per heavy atom. The molecule has 28 heavy (non-hydrogen) atoms. The van der Waals surface area contributed by atoms with E-state index < -0.39 is 5.25 Å². The van der Waals surface area contributed by atoms with Gasteiger partial charge in [0.2, 0.25) is 11.8 Å². The van der Waals surface area contributed by atoms with Crippen LogP contribution in [0.3, 0.4) is 0 Å². The molecule has 7 heteroatoms. The van der Waals surface area contributed by atoms with Crippen molar-refractivity contribution in [3.63, 3.8) is 0 Å². The molecule has 0 bridgehead atoms. The van der Waals surface area contributed by atoms with Crippen LogP contribution in [0.2, 0.25) is 0 Å². The molecule has 2 aromatic rings. The minimum atomic E-state index is -0.519. The normalized spacial score (nSPS) is 18.0. The van der Waals surface area contributed by atoms with Crippen molar-refractivity contribution in [2.24, 2.45) is 4.99 Å². The molecule has 1 unspecified atom stereocenters. The number of aliphatic imine (C=N–C) groups is 1. The van der Waals surface area contributed by atoms with Gasteiger partial charge in [-0.05, 0) is 49.2 Å². The summed E-state index contributed by atoms with van der Waals surface area (Å²) >= 11 is 1.32. The summed E-state index contributed by atoms with van der Waals surface area (Å²) in [6.45, 7) is 4.53. The highest BCUT2D eigenvalue weighted by Gasteiger charge is 2.38. The Morgan fingerprint density at radius 2 is 1.93 bits per heavy atom. The SMILES string of the molecule is CCCN1C(=O)C(CC(=O)Nc2ccc(F)cc2)SC1=Nc1ccccc1C. The Hall–Kier alpha value is -2.67. The first-order valence-corrected chi connectivity index (χ1v) is 10.0. The fourth-order valence-corrected chi connectivity index (χ4v) is 4.04. The van der Waals surface area contributed by atoms with Crippen molar-refractivity contribution >= 4 is 40.1 Å². The molecule has 1 heterocycles. The second-order valence-electron chi connectivity index (χ2n) is 6.54.